The lowest BCUT2D eigenvalue weighted by Gasteiger charge is -2.26. The van der Waals surface area contributed by atoms with Crippen LogP contribution in [0.25, 0.3) is 0 Å². The number of morpholine rings is 1. The summed E-state index contributed by atoms with van der Waals surface area (Å²) in [6.45, 7) is 2.13. The Labute approximate surface area is 112 Å². The van der Waals surface area contributed by atoms with E-state index >= 15 is 0 Å². The van der Waals surface area contributed by atoms with E-state index in [9.17, 15) is 13.2 Å². The molecule has 1 saturated heterocycles. The van der Waals surface area contributed by atoms with Crippen molar-refractivity contribution in [3.63, 3.8) is 0 Å². The topological polar surface area (TPSA) is 75.7 Å². The molecular weight excluding hydrogens is 268 g/mol. The number of nitrogens with one attached hydrogen (secondary N) is 1. The third-order valence-corrected chi connectivity index (χ3v) is 3.92. The molecular formula is C12H16N2O4S. The van der Waals surface area contributed by atoms with Crippen LogP contribution in [0.15, 0.2) is 29.2 Å². The van der Waals surface area contributed by atoms with Gasteiger partial charge in [-0.15, -0.1) is 0 Å². The average Bonchev–Trinajstić information content (AvgIpc) is 2.39. The monoisotopic (exact) mass is 284 g/mol. The molecule has 1 heterocycles. The van der Waals surface area contributed by atoms with Crippen LogP contribution in [0.3, 0.4) is 0 Å². The maximum atomic E-state index is 11.9. The predicted octanol–water partition coefficient (Wildman–Crippen LogP) is 0.954. The normalized spacial score (nSPS) is 16.2. The Balaban J connectivity index is 2.08. The minimum absolute atomic E-state index is 0.187. The number of rotatable bonds is 2. The molecule has 0 atom stereocenters. The lowest BCUT2D eigenvalue weighted by molar-refractivity contribution is 0.0564. The molecule has 0 spiro atoms. The Kier molecular flexibility index (Phi) is 4.06. The van der Waals surface area contributed by atoms with E-state index in [1.165, 1.54) is 12.1 Å². The minimum atomic E-state index is -3.27. The number of carbonyl (C=O) groups excluding carboxylic acids is 1. The smallest absolute Gasteiger partial charge is 0.322 e. The van der Waals surface area contributed by atoms with Gasteiger partial charge in [0.1, 0.15) is 0 Å². The van der Waals surface area contributed by atoms with Crippen molar-refractivity contribution < 1.29 is 17.9 Å². The van der Waals surface area contributed by atoms with E-state index in [0.29, 0.717) is 32.0 Å². The molecule has 1 fully saturated rings. The summed E-state index contributed by atoms with van der Waals surface area (Å²) in [6.07, 6.45) is 1.13. The Morgan fingerprint density at radius 1 is 1.32 bits per heavy atom. The standard InChI is InChI=1S/C12H16N2O4S/c1-19(16,17)11-4-2-3-10(9-11)13-12(15)14-5-7-18-8-6-14/h2-4,9H,5-8H2,1H3,(H,13,15). The third-order valence-electron chi connectivity index (χ3n) is 2.81. The van der Waals surface area contributed by atoms with Crippen molar-refractivity contribution in [2.24, 2.45) is 0 Å². The van der Waals surface area contributed by atoms with Gasteiger partial charge in [-0.05, 0) is 18.2 Å². The van der Waals surface area contributed by atoms with Crippen LogP contribution < -0.4 is 5.32 Å². The maximum Gasteiger partial charge on any atom is 0.322 e. The van der Waals surface area contributed by atoms with Gasteiger partial charge in [-0.3, -0.25) is 0 Å². The molecule has 104 valence electrons. The van der Waals surface area contributed by atoms with Gasteiger partial charge < -0.3 is 15.0 Å². The van der Waals surface area contributed by atoms with Crippen LogP contribution in [0.1, 0.15) is 0 Å². The molecule has 1 aliphatic heterocycles. The molecule has 0 aromatic heterocycles. The minimum Gasteiger partial charge on any atom is -0.378 e. The first-order chi connectivity index (χ1) is 8.97. The van der Waals surface area contributed by atoms with Gasteiger partial charge in [-0.2, -0.15) is 0 Å². The number of hydrogen-bond acceptors (Lipinski definition) is 4. The molecule has 6 nitrogen and oxygen atoms in total. The van der Waals surface area contributed by atoms with E-state index in [1.807, 2.05) is 0 Å². The van der Waals surface area contributed by atoms with Crippen molar-refractivity contribution in [2.45, 2.75) is 4.90 Å². The fraction of sp³-hybridized carbons (Fsp3) is 0.417. The van der Waals surface area contributed by atoms with Gasteiger partial charge in [-0.1, -0.05) is 6.07 Å². The molecule has 2 amide bonds. The van der Waals surface area contributed by atoms with Crippen molar-refractivity contribution >= 4 is 21.6 Å². The molecule has 0 bridgehead atoms. The zero-order chi connectivity index (χ0) is 13.9. The molecule has 1 aliphatic rings. The number of urea groups is 1. The Bertz CT molecular complexity index is 565. The van der Waals surface area contributed by atoms with Crippen LogP contribution >= 0.6 is 0 Å². The van der Waals surface area contributed by atoms with Crippen LogP contribution in [0.5, 0.6) is 0 Å². The van der Waals surface area contributed by atoms with E-state index in [4.69, 9.17) is 4.74 Å². The van der Waals surface area contributed by atoms with E-state index in [2.05, 4.69) is 5.32 Å². The summed E-state index contributed by atoms with van der Waals surface area (Å²) in [4.78, 5) is 13.8. The van der Waals surface area contributed by atoms with Gasteiger partial charge in [0, 0.05) is 25.0 Å². The van der Waals surface area contributed by atoms with Crippen LogP contribution in [0.4, 0.5) is 10.5 Å². The number of carbonyl (C=O) groups is 1. The van der Waals surface area contributed by atoms with Crippen LogP contribution in [-0.2, 0) is 14.6 Å². The highest BCUT2D eigenvalue weighted by Crippen LogP contribution is 2.16. The van der Waals surface area contributed by atoms with Gasteiger partial charge in [0.2, 0.25) is 0 Å². The van der Waals surface area contributed by atoms with Gasteiger partial charge in [0.05, 0.1) is 18.1 Å². The number of ether oxygens (including phenoxy) is 1. The molecule has 2 rings (SSSR count). The lowest BCUT2D eigenvalue weighted by atomic mass is 10.3. The van der Waals surface area contributed by atoms with Crippen LogP contribution in [-0.4, -0.2) is 51.9 Å². The molecule has 0 aliphatic carbocycles. The van der Waals surface area contributed by atoms with Crippen molar-refractivity contribution in [3.8, 4) is 0 Å². The molecule has 7 heteroatoms. The second-order valence-electron chi connectivity index (χ2n) is 4.33. The Morgan fingerprint density at radius 2 is 2.00 bits per heavy atom. The van der Waals surface area contributed by atoms with E-state index in [0.717, 1.165) is 6.26 Å². The first kappa shape index (κ1) is 13.8. The van der Waals surface area contributed by atoms with Gasteiger partial charge in [0.25, 0.3) is 0 Å². The van der Waals surface area contributed by atoms with Gasteiger partial charge >= 0.3 is 6.03 Å². The van der Waals surface area contributed by atoms with Crippen LogP contribution in [0.2, 0.25) is 0 Å². The summed E-state index contributed by atoms with van der Waals surface area (Å²) in [7, 11) is -3.27. The van der Waals surface area contributed by atoms with E-state index in [1.54, 1.807) is 17.0 Å². The van der Waals surface area contributed by atoms with E-state index in [-0.39, 0.29) is 10.9 Å². The quantitative estimate of drug-likeness (QED) is 0.877. The molecule has 1 N–H and O–H groups in total. The van der Waals surface area contributed by atoms with Crippen molar-refractivity contribution in [2.75, 3.05) is 37.9 Å². The fourth-order valence-electron chi connectivity index (χ4n) is 1.77. The predicted molar refractivity (Wildman–Crippen MR) is 71.0 cm³/mol. The zero-order valence-electron chi connectivity index (χ0n) is 10.6. The summed E-state index contributed by atoms with van der Waals surface area (Å²) in [5.41, 5.74) is 0.472. The zero-order valence-corrected chi connectivity index (χ0v) is 11.4. The Morgan fingerprint density at radius 3 is 2.63 bits per heavy atom. The average molecular weight is 284 g/mol. The number of nitrogens with zero attached hydrogens (tertiary/aromatic N) is 1. The summed E-state index contributed by atoms with van der Waals surface area (Å²) in [5, 5.41) is 2.69. The summed E-state index contributed by atoms with van der Waals surface area (Å²) in [5.74, 6) is 0. The summed E-state index contributed by atoms with van der Waals surface area (Å²) >= 11 is 0. The lowest BCUT2D eigenvalue weighted by Crippen LogP contribution is -2.43. The van der Waals surface area contributed by atoms with Gasteiger partial charge in [-0.25, -0.2) is 13.2 Å². The molecule has 0 saturated carbocycles. The SMILES string of the molecule is CS(=O)(=O)c1cccc(NC(=O)N2CCOCC2)c1. The first-order valence-electron chi connectivity index (χ1n) is 5.90. The Hall–Kier alpha value is -1.60. The molecule has 1 aromatic rings. The first-order valence-corrected chi connectivity index (χ1v) is 7.80. The molecule has 0 radical (unpaired) electrons. The van der Waals surface area contributed by atoms with Gasteiger partial charge in [0.15, 0.2) is 9.84 Å². The molecule has 1 aromatic carbocycles. The summed E-state index contributed by atoms with van der Waals surface area (Å²) < 4.78 is 28.0. The highest BCUT2D eigenvalue weighted by Gasteiger charge is 2.17. The highest BCUT2D eigenvalue weighted by atomic mass is 32.2. The highest BCUT2D eigenvalue weighted by molar-refractivity contribution is 7.90. The van der Waals surface area contributed by atoms with Crippen molar-refractivity contribution in [3.05, 3.63) is 24.3 Å². The number of benzene rings is 1. The number of amides is 2. The third kappa shape index (κ3) is 3.68. The molecule has 19 heavy (non-hydrogen) atoms. The van der Waals surface area contributed by atoms with Crippen molar-refractivity contribution in [1.29, 1.82) is 0 Å². The molecule has 0 unspecified atom stereocenters. The summed E-state index contributed by atoms with van der Waals surface area (Å²) in [6, 6.07) is 5.97. The maximum absolute atomic E-state index is 11.9. The number of anilines is 1. The van der Waals surface area contributed by atoms with E-state index < -0.39 is 9.84 Å². The largest absolute Gasteiger partial charge is 0.378 e. The number of hydrogen-bond donors (Lipinski definition) is 1. The number of sulfone groups is 1. The second kappa shape index (κ2) is 5.58. The van der Waals surface area contributed by atoms with Crippen molar-refractivity contribution in [1.82, 2.24) is 4.90 Å². The fourth-order valence-corrected chi connectivity index (χ4v) is 2.44. The van der Waals surface area contributed by atoms with Crippen LogP contribution in [0, 0.1) is 0 Å². The second-order valence-corrected chi connectivity index (χ2v) is 6.35.